The number of carbonyl (C=O) groups is 1. The van der Waals surface area contributed by atoms with Gasteiger partial charge in [0.05, 0.1) is 11.3 Å². The topological polar surface area (TPSA) is 64.9 Å². The van der Waals surface area contributed by atoms with E-state index < -0.39 is 0 Å². The van der Waals surface area contributed by atoms with E-state index in [-0.39, 0.29) is 5.91 Å². The maximum atomic E-state index is 12.9. The van der Waals surface area contributed by atoms with E-state index in [1.165, 1.54) is 0 Å². The molecule has 2 aromatic heterocycles. The van der Waals surface area contributed by atoms with Crippen LogP contribution in [0.15, 0.2) is 67.0 Å². The Morgan fingerprint density at radius 3 is 2.83 bits per heavy atom. The quantitative estimate of drug-likeness (QED) is 0.570. The van der Waals surface area contributed by atoms with Crippen molar-refractivity contribution in [2.24, 2.45) is 0 Å². The first kappa shape index (κ1) is 17.3. The van der Waals surface area contributed by atoms with Crippen LogP contribution < -0.4 is 14.8 Å². The third kappa shape index (κ3) is 3.18. The van der Waals surface area contributed by atoms with E-state index in [9.17, 15) is 4.79 Å². The molecule has 0 fully saturated rings. The van der Waals surface area contributed by atoms with Crippen LogP contribution in [-0.4, -0.2) is 28.5 Å². The van der Waals surface area contributed by atoms with Crippen LogP contribution in [0.1, 0.15) is 15.9 Å². The number of hydrogen-bond donors (Lipinski definition) is 1. The van der Waals surface area contributed by atoms with Gasteiger partial charge in [0.2, 0.25) is 0 Å². The molecule has 4 aromatic rings. The van der Waals surface area contributed by atoms with Crippen molar-refractivity contribution >= 4 is 17.2 Å². The van der Waals surface area contributed by atoms with Gasteiger partial charge in [-0.15, -0.1) is 0 Å². The Kier molecular flexibility index (Phi) is 4.17. The number of para-hydroxylation sites is 1. The van der Waals surface area contributed by atoms with Gasteiger partial charge in [-0.3, -0.25) is 4.79 Å². The fraction of sp³-hybridized carbons (Fsp3) is 0.130. The molecule has 0 saturated heterocycles. The van der Waals surface area contributed by atoms with E-state index in [4.69, 9.17) is 14.5 Å². The highest BCUT2D eigenvalue weighted by atomic mass is 16.6. The average Bonchev–Trinajstić information content (AvgIpc) is 3.19. The van der Waals surface area contributed by atoms with Gasteiger partial charge in [0.1, 0.15) is 18.9 Å². The Morgan fingerprint density at radius 2 is 1.93 bits per heavy atom. The van der Waals surface area contributed by atoms with Gasteiger partial charge in [0.15, 0.2) is 11.5 Å². The summed E-state index contributed by atoms with van der Waals surface area (Å²) in [6.07, 6.45) is 3.97. The lowest BCUT2D eigenvalue weighted by Crippen LogP contribution is -2.20. The molecular weight excluding hydrogens is 366 g/mol. The third-order valence-electron chi connectivity index (χ3n) is 4.90. The highest BCUT2D eigenvalue weighted by molar-refractivity contribution is 6.07. The summed E-state index contributed by atoms with van der Waals surface area (Å²) in [6.45, 7) is 2.95. The summed E-state index contributed by atoms with van der Waals surface area (Å²) in [5.41, 5.74) is 4.96. The predicted molar refractivity (Wildman–Crippen MR) is 111 cm³/mol. The van der Waals surface area contributed by atoms with E-state index in [1.807, 2.05) is 60.1 Å². The number of ether oxygens (including phenoxy) is 2. The molecule has 144 valence electrons. The maximum absolute atomic E-state index is 12.9. The van der Waals surface area contributed by atoms with Crippen molar-refractivity contribution in [3.8, 4) is 22.8 Å². The highest BCUT2D eigenvalue weighted by Crippen LogP contribution is 2.34. The minimum atomic E-state index is -0.240. The van der Waals surface area contributed by atoms with E-state index >= 15 is 0 Å². The second kappa shape index (κ2) is 6.98. The molecule has 0 atom stereocenters. The van der Waals surface area contributed by atoms with Crippen LogP contribution in [0.3, 0.4) is 0 Å². The SMILES string of the molecule is Cc1cccn2cc(-c3cccc(NC(=O)c4cccc5c4OCCO5)c3)nc12. The molecule has 1 aliphatic rings. The largest absolute Gasteiger partial charge is 0.486 e. The van der Waals surface area contributed by atoms with Crippen LogP contribution >= 0.6 is 0 Å². The number of fused-ring (bicyclic) bond motifs is 2. The number of anilines is 1. The lowest BCUT2D eigenvalue weighted by atomic mass is 10.1. The summed E-state index contributed by atoms with van der Waals surface area (Å²) in [5, 5.41) is 2.95. The highest BCUT2D eigenvalue weighted by Gasteiger charge is 2.20. The van der Waals surface area contributed by atoms with Crippen molar-refractivity contribution in [2.45, 2.75) is 6.92 Å². The summed E-state index contributed by atoms with van der Waals surface area (Å²) in [5.74, 6) is 0.844. The molecule has 0 bridgehead atoms. The molecule has 29 heavy (non-hydrogen) atoms. The maximum Gasteiger partial charge on any atom is 0.259 e. The van der Waals surface area contributed by atoms with Crippen LogP contribution in [0.25, 0.3) is 16.9 Å². The Balaban J connectivity index is 1.44. The van der Waals surface area contributed by atoms with Crippen molar-refractivity contribution in [3.05, 3.63) is 78.1 Å². The van der Waals surface area contributed by atoms with Gasteiger partial charge in [-0.25, -0.2) is 4.98 Å². The van der Waals surface area contributed by atoms with E-state index in [0.717, 1.165) is 22.5 Å². The monoisotopic (exact) mass is 385 g/mol. The number of nitrogens with one attached hydrogen (secondary N) is 1. The van der Waals surface area contributed by atoms with Crippen molar-refractivity contribution in [1.29, 1.82) is 0 Å². The molecule has 0 aliphatic carbocycles. The summed E-state index contributed by atoms with van der Waals surface area (Å²) in [6, 6.07) is 17.0. The number of benzene rings is 2. The second-order valence-electron chi connectivity index (χ2n) is 6.91. The summed E-state index contributed by atoms with van der Waals surface area (Å²) in [4.78, 5) is 17.6. The smallest absolute Gasteiger partial charge is 0.259 e. The zero-order chi connectivity index (χ0) is 19.8. The molecule has 1 N–H and O–H groups in total. The number of aromatic nitrogens is 2. The number of carbonyl (C=O) groups excluding carboxylic acids is 1. The number of amides is 1. The molecule has 2 aromatic carbocycles. The molecule has 0 saturated carbocycles. The lowest BCUT2D eigenvalue weighted by Gasteiger charge is -2.20. The minimum absolute atomic E-state index is 0.240. The van der Waals surface area contributed by atoms with Crippen LogP contribution in [0.2, 0.25) is 0 Å². The first-order valence-corrected chi connectivity index (χ1v) is 9.44. The fourth-order valence-electron chi connectivity index (χ4n) is 3.50. The van der Waals surface area contributed by atoms with Gasteiger partial charge in [0.25, 0.3) is 5.91 Å². The van der Waals surface area contributed by atoms with Crippen LogP contribution in [0.4, 0.5) is 5.69 Å². The van der Waals surface area contributed by atoms with Crippen LogP contribution in [0.5, 0.6) is 11.5 Å². The average molecular weight is 385 g/mol. The van der Waals surface area contributed by atoms with Crippen LogP contribution in [-0.2, 0) is 0 Å². The third-order valence-corrected chi connectivity index (χ3v) is 4.90. The van der Waals surface area contributed by atoms with Gasteiger partial charge in [-0.05, 0) is 42.8 Å². The standard InChI is InChI=1S/C23H19N3O3/c1-15-5-4-10-26-14-19(25-22(15)26)16-6-2-7-17(13-16)24-23(27)18-8-3-9-20-21(18)29-12-11-28-20/h2-10,13-14H,11-12H2,1H3,(H,24,27). The zero-order valence-corrected chi connectivity index (χ0v) is 15.9. The van der Waals surface area contributed by atoms with Crippen molar-refractivity contribution in [3.63, 3.8) is 0 Å². The summed E-state index contributed by atoms with van der Waals surface area (Å²) >= 11 is 0. The Bertz CT molecular complexity index is 1230. The Morgan fingerprint density at radius 1 is 1.07 bits per heavy atom. The number of rotatable bonds is 3. The van der Waals surface area contributed by atoms with Gasteiger partial charge in [-0.1, -0.05) is 24.3 Å². The summed E-state index contributed by atoms with van der Waals surface area (Å²) in [7, 11) is 0. The molecular formula is C23H19N3O3. The predicted octanol–water partition coefficient (Wildman–Crippen LogP) is 4.33. The molecule has 6 nitrogen and oxygen atoms in total. The zero-order valence-electron chi connectivity index (χ0n) is 15.9. The number of hydrogen-bond acceptors (Lipinski definition) is 4. The number of nitrogens with zero attached hydrogens (tertiary/aromatic N) is 2. The first-order chi connectivity index (χ1) is 14.2. The Labute approximate surface area is 167 Å². The van der Waals surface area contributed by atoms with Gasteiger partial charge in [0, 0.05) is 23.6 Å². The lowest BCUT2D eigenvalue weighted by molar-refractivity contribution is 0.101. The fourth-order valence-corrected chi connectivity index (χ4v) is 3.50. The number of imidazole rings is 1. The van der Waals surface area contributed by atoms with E-state index in [0.29, 0.717) is 36.0 Å². The van der Waals surface area contributed by atoms with Gasteiger partial charge in [-0.2, -0.15) is 0 Å². The molecule has 1 amide bonds. The number of aryl methyl sites for hydroxylation is 1. The second-order valence-corrected chi connectivity index (χ2v) is 6.91. The molecule has 1 aliphatic heterocycles. The molecule has 0 unspecified atom stereocenters. The molecule has 0 spiro atoms. The van der Waals surface area contributed by atoms with Gasteiger partial charge < -0.3 is 19.2 Å². The van der Waals surface area contributed by atoms with Crippen molar-refractivity contribution in [2.75, 3.05) is 18.5 Å². The van der Waals surface area contributed by atoms with E-state index in [1.54, 1.807) is 18.2 Å². The normalized spacial score (nSPS) is 12.7. The first-order valence-electron chi connectivity index (χ1n) is 9.44. The van der Waals surface area contributed by atoms with Crippen LogP contribution in [0, 0.1) is 6.92 Å². The Hall–Kier alpha value is -3.80. The summed E-state index contributed by atoms with van der Waals surface area (Å²) < 4.78 is 13.2. The van der Waals surface area contributed by atoms with E-state index in [2.05, 4.69) is 5.32 Å². The van der Waals surface area contributed by atoms with Gasteiger partial charge >= 0.3 is 0 Å². The molecule has 6 heteroatoms. The van der Waals surface area contributed by atoms with Crippen molar-refractivity contribution < 1.29 is 14.3 Å². The minimum Gasteiger partial charge on any atom is -0.486 e. The molecule has 3 heterocycles. The molecule has 0 radical (unpaired) electrons. The van der Waals surface area contributed by atoms with Crippen molar-refractivity contribution in [1.82, 2.24) is 9.38 Å². The molecule has 5 rings (SSSR count). The number of pyridine rings is 1.